The van der Waals surface area contributed by atoms with Crippen molar-refractivity contribution < 1.29 is 14.3 Å². The number of benzene rings is 3. The van der Waals surface area contributed by atoms with E-state index in [0.717, 1.165) is 28.1 Å². The number of nitrogens with one attached hydrogen (secondary N) is 1. The normalized spacial score (nSPS) is 17.1. The van der Waals surface area contributed by atoms with E-state index < -0.39 is 11.3 Å². The van der Waals surface area contributed by atoms with Gasteiger partial charge in [-0.1, -0.05) is 66.4 Å². The van der Waals surface area contributed by atoms with Gasteiger partial charge in [0.1, 0.15) is 11.6 Å². The molecular formula is C27H24N4O3S. The smallest absolute Gasteiger partial charge is 0.263 e. The monoisotopic (exact) mass is 484 g/mol. The topological polar surface area (TPSA) is 83.4 Å². The number of nitrogens with zero attached hydrogens (tertiary/aromatic N) is 3. The molecule has 0 aromatic heterocycles. The van der Waals surface area contributed by atoms with Crippen molar-refractivity contribution in [3.05, 3.63) is 95.6 Å². The molecule has 0 saturated carbocycles. The summed E-state index contributed by atoms with van der Waals surface area (Å²) in [4.78, 5) is 37.5. The van der Waals surface area contributed by atoms with Crippen molar-refractivity contribution in [1.29, 1.82) is 0 Å². The van der Waals surface area contributed by atoms with Crippen molar-refractivity contribution in [2.75, 3.05) is 7.11 Å². The lowest BCUT2D eigenvalue weighted by Crippen LogP contribution is -2.41. The SMILES string of the molecule is COc1cccc(CNC(=O)[C@@H](C)SC2=Nc3ccccc3C3=N[C@H](c4ccccc4)C(=O)N23)c1. The van der Waals surface area contributed by atoms with Gasteiger partial charge in [0, 0.05) is 12.1 Å². The van der Waals surface area contributed by atoms with E-state index in [-0.39, 0.29) is 11.8 Å². The van der Waals surface area contributed by atoms with Gasteiger partial charge < -0.3 is 10.1 Å². The summed E-state index contributed by atoms with van der Waals surface area (Å²) in [6.45, 7) is 2.18. The number of hydrogen-bond donors (Lipinski definition) is 1. The Morgan fingerprint density at radius 1 is 1.09 bits per heavy atom. The van der Waals surface area contributed by atoms with Gasteiger partial charge in [0.2, 0.25) is 5.91 Å². The van der Waals surface area contributed by atoms with E-state index in [1.807, 2.05) is 78.9 Å². The second-order valence-electron chi connectivity index (χ2n) is 8.18. The van der Waals surface area contributed by atoms with E-state index in [1.165, 1.54) is 11.8 Å². The van der Waals surface area contributed by atoms with Crippen LogP contribution < -0.4 is 10.1 Å². The molecule has 7 nitrogen and oxygen atoms in total. The molecule has 2 amide bonds. The van der Waals surface area contributed by atoms with E-state index >= 15 is 0 Å². The Balaban J connectivity index is 1.36. The molecule has 2 atom stereocenters. The molecular weight excluding hydrogens is 460 g/mol. The van der Waals surface area contributed by atoms with E-state index in [9.17, 15) is 9.59 Å². The van der Waals surface area contributed by atoms with Crippen LogP contribution in [0, 0.1) is 0 Å². The first-order valence-corrected chi connectivity index (χ1v) is 12.1. The summed E-state index contributed by atoms with van der Waals surface area (Å²) in [5, 5.41) is 2.94. The predicted molar refractivity (Wildman–Crippen MR) is 138 cm³/mol. The van der Waals surface area contributed by atoms with Crippen LogP contribution in [0.5, 0.6) is 5.75 Å². The zero-order valence-corrected chi connectivity index (χ0v) is 20.2. The molecule has 35 heavy (non-hydrogen) atoms. The quantitative estimate of drug-likeness (QED) is 0.560. The summed E-state index contributed by atoms with van der Waals surface area (Å²) in [7, 11) is 1.61. The van der Waals surface area contributed by atoms with Crippen molar-refractivity contribution >= 4 is 40.3 Å². The van der Waals surface area contributed by atoms with Gasteiger partial charge in [-0.15, -0.1) is 0 Å². The first-order chi connectivity index (χ1) is 17.0. The molecule has 3 aromatic carbocycles. The van der Waals surface area contributed by atoms with Crippen molar-refractivity contribution in [2.45, 2.75) is 24.8 Å². The Morgan fingerprint density at radius 2 is 1.86 bits per heavy atom. The van der Waals surface area contributed by atoms with Crippen LogP contribution in [0.3, 0.4) is 0 Å². The van der Waals surface area contributed by atoms with Crippen LogP contribution in [0.2, 0.25) is 0 Å². The van der Waals surface area contributed by atoms with Gasteiger partial charge in [0.15, 0.2) is 11.2 Å². The highest BCUT2D eigenvalue weighted by Gasteiger charge is 2.42. The third-order valence-corrected chi connectivity index (χ3v) is 6.89. The van der Waals surface area contributed by atoms with Gasteiger partial charge in [0.25, 0.3) is 5.91 Å². The summed E-state index contributed by atoms with van der Waals surface area (Å²) in [5.74, 6) is 0.989. The average molecular weight is 485 g/mol. The van der Waals surface area contributed by atoms with Crippen LogP contribution in [0.4, 0.5) is 5.69 Å². The number of para-hydroxylation sites is 1. The molecule has 5 rings (SSSR count). The molecule has 0 fully saturated rings. The predicted octanol–water partition coefficient (Wildman–Crippen LogP) is 4.46. The molecule has 0 unspecified atom stereocenters. The molecule has 0 spiro atoms. The van der Waals surface area contributed by atoms with Crippen LogP contribution in [-0.2, 0) is 16.1 Å². The van der Waals surface area contributed by atoms with Gasteiger partial charge in [-0.05, 0) is 42.3 Å². The maximum absolute atomic E-state index is 13.5. The molecule has 2 aliphatic rings. The summed E-state index contributed by atoms with van der Waals surface area (Å²) in [6, 6.07) is 24.0. The minimum absolute atomic E-state index is 0.149. The number of amidine groups is 2. The minimum Gasteiger partial charge on any atom is -0.497 e. The van der Waals surface area contributed by atoms with Crippen molar-refractivity contribution in [3.63, 3.8) is 0 Å². The number of fused-ring (bicyclic) bond motifs is 3. The van der Waals surface area contributed by atoms with Crippen LogP contribution in [0.25, 0.3) is 0 Å². The molecule has 0 aliphatic carbocycles. The van der Waals surface area contributed by atoms with Crippen LogP contribution in [0.1, 0.15) is 29.7 Å². The highest BCUT2D eigenvalue weighted by molar-refractivity contribution is 8.15. The Bertz CT molecular complexity index is 1340. The van der Waals surface area contributed by atoms with Gasteiger partial charge >= 0.3 is 0 Å². The standard InChI is InChI=1S/C27H24N4O3S/c1-17(25(32)28-16-18-9-8-12-20(15-18)34-2)35-27-29-22-14-7-6-13-21(22)24-30-23(26(33)31(24)27)19-10-4-3-5-11-19/h3-15,17,23H,16H2,1-2H3,(H,28,32)/t17-,23-/m1/s1. The zero-order valence-electron chi connectivity index (χ0n) is 19.3. The number of carbonyl (C=O) groups is 2. The Morgan fingerprint density at radius 3 is 2.66 bits per heavy atom. The Labute approximate surface area is 207 Å². The fraction of sp³-hybridized carbons (Fsp3) is 0.185. The number of rotatable bonds is 6. The Hall–Kier alpha value is -3.91. The summed E-state index contributed by atoms with van der Waals surface area (Å²) < 4.78 is 5.25. The van der Waals surface area contributed by atoms with Crippen LogP contribution >= 0.6 is 11.8 Å². The number of carbonyl (C=O) groups excluding carboxylic acids is 2. The molecule has 2 aliphatic heterocycles. The zero-order chi connectivity index (χ0) is 24.4. The Kier molecular flexibility index (Phi) is 6.37. The van der Waals surface area contributed by atoms with Crippen LogP contribution in [0.15, 0.2) is 88.8 Å². The number of ether oxygens (including phenoxy) is 1. The lowest BCUT2D eigenvalue weighted by molar-refractivity contribution is -0.124. The lowest BCUT2D eigenvalue weighted by Gasteiger charge is -2.26. The fourth-order valence-electron chi connectivity index (χ4n) is 4.01. The summed E-state index contributed by atoms with van der Waals surface area (Å²) >= 11 is 1.25. The first-order valence-electron chi connectivity index (χ1n) is 11.3. The highest BCUT2D eigenvalue weighted by atomic mass is 32.2. The van der Waals surface area contributed by atoms with E-state index in [4.69, 9.17) is 14.7 Å². The third kappa shape index (κ3) is 4.57. The molecule has 0 radical (unpaired) electrons. The van der Waals surface area contributed by atoms with Gasteiger partial charge in [-0.2, -0.15) is 0 Å². The summed E-state index contributed by atoms with van der Waals surface area (Å²) in [6.07, 6.45) is 0. The number of methoxy groups -OCH3 is 1. The summed E-state index contributed by atoms with van der Waals surface area (Å²) in [5.41, 5.74) is 3.30. The van der Waals surface area contributed by atoms with Gasteiger partial charge in [-0.3, -0.25) is 9.59 Å². The molecule has 1 N–H and O–H groups in total. The van der Waals surface area contributed by atoms with Gasteiger partial charge in [-0.25, -0.2) is 14.9 Å². The maximum Gasteiger partial charge on any atom is 0.263 e. The highest BCUT2D eigenvalue weighted by Crippen LogP contribution is 2.38. The molecule has 2 heterocycles. The number of amides is 2. The third-order valence-electron chi connectivity index (χ3n) is 5.84. The lowest BCUT2D eigenvalue weighted by atomic mass is 10.1. The fourth-order valence-corrected chi connectivity index (χ4v) is 4.95. The first kappa shape index (κ1) is 22.9. The van der Waals surface area contributed by atoms with Crippen LogP contribution in [-0.4, -0.2) is 40.1 Å². The van der Waals surface area contributed by atoms with E-state index in [2.05, 4.69) is 5.32 Å². The van der Waals surface area contributed by atoms with E-state index in [1.54, 1.807) is 18.9 Å². The number of aliphatic imine (C=N–C) groups is 2. The molecule has 3 aromatic rings. The molecule has 0 saturated heterocycles. The minimum atomic E-state index is -0.639. The maximum atomic E-state index is 13.5. The van der Waals surface area contributed by atoms with Crippen molar-refractivity contribution in [2.24, 2.45) is 9.98 Å². The van der Waals surface area contributed by atoms with E-state index in [0.29, 0.717) is 17.5 Å². The number of hydrogen-bond acceptors (Lipinski definition) is 6. The van der Waals surface area contributed by atoms with Gasteiger partial charge in [0.05, 0.1) is 18.0 Å². The molecule has 176 valence electrons. The average Bonchev–Trinajstić information content (AvgIpc) is 3.25. The van der Waals surface area contributed by atoms with Crippen molar-refractivity contribution in [3.8, 4) is 5.75 Å². The van der Waals surface area contributed by atoms with Crippen molar-refractivity contribution in [1.82, 2.24) is 10.2 Å². The largest absolute Gasteiger partial charge is 0.497 e. The molecule has 8 heteroatoms. The second-order valence-corrected chi connectivity index (χ2v) is 9.49. The molecule has 0 bridgehead atoms. The number of thioether (sulfide) groups is 1. The second kappa shape index (κ2) is 9.76.